The predicted octanol–water partition coefficient (Wildman–Crippen LogP) is 4.39. The second-order valence-corrected chi connectivity index (χ2v) is 7.45. The van der Waals surface area contributed by atoms with Crippen molar-refractivity contribution in [2.75, 3.05) is 18.0 Å². The molecule has 1 aliphatic heterocycles. The maximum absolute atomic E-state index is 11.2. The monoisotopic (exact) mass is 390 g/mol. The highest BCUT2D eigenvalue weighted by molar-refractivity contribution is 7.99. The van der Waals surface area contributed by atoms with E-state index in [1.165, 1.54) is 13.8 Å². The lowest BCUT2D eigenvalue weighted by Gasteiger charge is -2.33. The Morgan fingerprint density at radius 3 is 2.65 bits per heavy atom. The minimum atomic E-state index is -0.342. The lowest BCUT2D eigenvalue weighted by Crippen LogP contribution is -2.27. The molecule has 3 rings (SSSR count). The summed E-state index contributed by atoms with van der Waals surface area (Å²) in [5, 5.41) is 3.50. The molecule has 5 nitrogen and oxygen atoms in total. The van der Waals surface area contributed by atoms with Crippen molar-refractivity contribution in [3.05, 3.63) is 41.4 Å². The topological polar surface area (TPSA) is 58.6 Å². The van der Waals surface area contributed by atoms with Crippen molar-refractivity contribution in [3.63, 3.8) is 0 Å². The lowest BCUT2D eigenvalue weighted by molar-refractivity contribution is -0.131. The maximum Gasteiger partial charge on any atom is 0.308 e. The molecule has 2 aromatic carbocycles. The van der Waals surface area contributed by atoms with Crippen LogP contribution in [0, 0.1) is 0 Å². The van der Waals surface area contributed by atoms with Gasteiger partial charge >= 0.3 is 5.97 Å². The predicted molar refractivity (Wildman–Crippen MR) is 104 cm³/mol. The van der Waals surface area contributed by atoms with Crippen LogP contribution >= 0.6 is 23.4 Å². The zero-order chi connectivity index (χ0) is 18.7. The zero-order valence-corrected chi connectivity index (χ0v) is 16.1. The van der Waals surface area contributed by atoms with Gasteiger partial charge in [-0.25, -0.2) is 0 Å². The Morgan fingerprint density at radius 2 is 1.92 bits per heavy atom. The summed E-state index contributed by atoms with van der Waals surface area (Å²) < 4.78 is 5.21. The summed E-state index contributed by atoms with van der Waals surface area (Å²) >= 11 is 7.82. The maximum atomic E-state index is 11.2. The number of nitrogens with one attached hydrogen (secondary N) is 1. The molecular formula is C19H19ClN2O3S. The van der Waals surface area contributed by atoms with Crippen molar-refractivity contribution >= 4 is 46.6 Å². The average Bonchev–Trinajstić information content (AvgIpc) is 2.57. The number of hydrogen-bond donors (Lipinski definition) is 1. The van der Waals surface area contributed by atoms with Crippen molar-refractivity contribution in [1.29, 1.82) is 0 Å². The van der Waals surface area contributed by atoms with E-state index in [1.54, 1.807) is 17.8 Å². The van der Waals surface area contributed by atoms with Crippen molar-refractivity contribution < 1.29 is 14.3 Å². The van der Waals surface area contributed by atoms with Crippen molar-refractivity contribution in [2.45, 2.75) is 30.1 Å². The van der Waals surface area contributed by atoms with E-state index in [4.69, 9.17) is 16.3 Å². The van der Waals surface area contributed by atoms with Crippen LogP contribution in [0.25, 0.3) is 0 Å². The molecule has 2 aromatic rings. The SMILES string of the molecule is CC(=O)NCCCN1c2ccc(OC(C)=O)cc2Sc2ccc(Cl)cc21. The van der Waals surface area contributed by atoms with Crippen LogP contribution in [0.5, 0.6) is 5.75 Å². The summed E-state index contributed by atoms with van der Waals surface area (Å²) in [7, 11) is 0. The number of carbonyl (C=O) groups excluding carboxylic acids is 2. The molecule has 0 aromatic heterocycles. The number of fused-ring (bicyclic) bond motifs is 2. The van der Waals surface area contributed by atoms with E-state index >= 15 is 0 Å². The second-order valence-electron chi connectivity index (χ2n) is 5.93. The fourth-order valence-electron chi connectivity index (χ4n) is 2.81. The molecule has 7 heteroatoms. The Kier molecular flexibility index (Phi) is 5.74. The van der Waals surface area contributed by atoms with Gasteiger partial charge in [0.25, 0.3) is 0 Å². The van der Waals surface area contributed by atoms with Gasteiger partial charge in [-0.05, 0) is 42.8 Å². The molecular weight excluding hydrogens is 372 g/mol. The zero-order valence-electron chi connectivity index (χ0n) is 14.5. The molecule has 0 saturated heterocycles. The van der Waals surface area contributed by atoms with Gasteiger partial charge in [0, 0.05) is 41.8 Å². The fourth-order valence-corrected chi connectivity index (χ4v) is 4.08. The first-order valence-corrected chi connectivity index (χ1v) is 9.45. The number of halogens is 1. The summed E-state index contributed by atoms with van der Waals surface area (Å²) in [6.07, 6.45) is 0.793. The van der Waals surface area contributed by atoms with Gasteiger partial charge in [-0.15, -0.1) is 0 Å². The molecule has 0 radical (unpaired) electrons. The van der Waals surface area contributed by atoms with E-state index in [0.29, 0.717) is 17.3 Å². The molecule has 1 heterocycles. The summed E-state index contributed by atoms with van der Waals surface area (Å²) in [4.78, 5) is 26.6. The standard InChI is InChI=1S/C19H19ClN2O3S/c1-12(23)21-8-3-9-22-16-6-5-15(25-13(2)24)11-19(16)26-18-7-4-14(20)10-17(18)22/h4-7,10-11H,3,8-9H2,1-2H3,(H,21,23). The van der Waals surface area contributed by atoms with Crippen LogP contribution < -0.4 is 15.0 Å². The Bertz CT molecular complexity index is 857. The van der Waals surface area contributed by atoms with Crippen LogP contribution in [0.15, 0.2) is 46.2 Å². The molecule has 0 aliphatic carbocycles. The molecule has 0 atom stereocenters. The van der Waals surface area contributed by atoms with Gasteiger partial charge in [-0.2, -0.15) is 0 Å². The molecule has 1 N–H and O–H groups in total. The highest BCUT2D eigenvalue weighted by Crippen LogP contribution is 2.49. The Hall–Kier alpha value is -2.18. The summed E-state index contributed by atoms with van der Waals surface area (Å²) in [5.74, 6) is 0.151. The summed E-state index contributed by atoms with van der Waals surface area (Å²) in [6, 6.07) is 11.4. The van der Waals surface area contributed by atoms with Crippen LogP contribution in [-0.2, 0) is 9.59 Å². The highest BCUT2D eigenvalue weighted by atomic mass is 35.5. The van der Waals surface area contributed by atoms with Gasteiger partial charge in [0.1, 0.15) is 5.75 Å². The minimum Gasteiger partial charge on any atom is -0.427 e. The number of ether oxygens (including phenoxy) is 1. The molecule has 0 bridgehead atoms. The van der Waals surface area contributed by atoms with E-state index in [1.807, 2.05) is 30.3 Å². The third-order valence-corrected chi connectivity index (χ3v) is 5.19. The normalized spacial score (nSPS) is 12.2. The molecule has 26 heavy (non-hydrogen) atoms. The van der Waals surface area contributed by atoms with Gasteiger partial charge in [0.05, 0.1) is 11.4 Å². The largest absolute Gasteiger partial charge is 0.427 e. The van der Waals surface area contributed by atoms with Crippen molar-refractivity contribution in [1.82, 2.24) is 5.32 Å². The summed E-state index contributed by atoms with van der Waals surface area (Å²) in [6.45, 7) is 4.24. The molecule has 1 amide bonds. The Morgan fingerprint density at radius 1 is 1.12 bits per heavy atom. The van der Waals surface area contributed by atoms with E-state index in [9.17, 15) is 9.59 Å². The Balaban J connectivity index is 1.90. The van der Waals surface area contributed by atoms with Gasteiger partial charge in [0.2, 0.25) is 5.91 Å². The van der Waals surface area contributed by atoms with Crippen LogP contribution in [0.2, 0.25) is 5.02 Å². The number of carbonyl (C=O) groups is 2. The summed E-state index contributed by atoms with van der Waals surface area (Å²) in [5.41, 5.74) is 2.07. The number of amides is 1. The van der Waals surface area contributed by atoms with Crippen LogP contribution in [-0.4, -0.2) is 25.0 Å². The molecule has 0 saturated carbocycles. The third-order valence-electron chi connectivity index (χ3n) is 3.85. The number of nitrogens with zero attached hydrogens (tertiary/aromatic N) is 1. The van der Waals surface area contributed by atoms with E-state index in [2.05, 4.69) is 10.2 Å². The fraction of sp³-hybridized carbons (Fsp3) is 0.263. The van der Waals surface area contributed by atoms with Gasteiger partial charge in [-0.1, -0.05) is 23.4 Å². The third kappa shape index (κ3) is 4.31. The van der Waals surface area contributed by atoms with Gasteiger partial charge in [0.15, 0.2) is 0 Å². The minimum absolute atomic E-state index is 0.0333. The van der Waals surface area contributed by atoms with Crippen molar-refractivity contribution in [3.8, 4) is 5.75 Å². The molecule has 0 unspecified atom stereocenters. The molecule has 0 fully saturated rings. The van der Waals surface area contributed by atoms with Crippen molar-refractivity contribution in [2.24, 2.45) is 0 Å². The number of esters is 1. The lowest BCUT2D eigenvalue weighted by atomic mass is 10.2. The average molecular weight is 391 g/mol. The Labute approximate surface area is 161 Å². The molecule has 136 valence electrons. The van der Waals surface area contributed by atoms with Crippen LogP contribution in [0.1, 0.15) is 20.3 Å². The molecule has 0 spiro atoms. The van der Waals surface area contributed by atoms with E-state index < -0.39 is 0 Å². The first-order valence-electron chi connectivity index (χ1n) is 8.26. The molecule has 1 aliphatic rings. The second kappa shape index (κ2) is 8.01. The van der Waals surface area contributed by atoms with E-state index in [0.717, 1.165) is 34.1 Å². The van der Waals surface area contributed by atoms with Crippen LogP contribution in [0.3, 0.4) is 0 Å². The first-order chi connectivity index (χ1) is 12.4. The van der Waals surface area contributed by atoms with Gasteiger partial charge < -0.3 is 15.0 Å². The first kappa shape index (κ1) is 18.6. The number of anilines is 2. The van der Waals surface area contributed by atoms with Crippen LogP contribution in [0.4, 0.5) is 11.4 Å². The quantitative estimate of drug-likeness (QED) is 0.466. The van der Waals surface area contributed by atoms with Gasteiger partial charge in [-0.3, -0.25) is 9.59 Å². The number of rotatable bonds is 5. The van der Waals surface area contributed by atoms with E-state index in [-0.39, 0.29) is 11.9 Å². The number of hydrogen-bond acceptors (Lipinski definition) is 5. The highest BCUT2D eigenvalue weighted by Gasteiger charge is 2.24. The number of benzene rings is 2. The smallest absolute Gasteiger partial charge is 0.308 e.